The lowest BCUT2D eigenvalue weighted by molar-refractivity contribution is -0.122. The maximum atomic E-state index is 14.1. The summed E-state index contributed by atoms with van der Waals surface area (Å²) in [5, 5.41) is 30.1. The molecule has 9 heteroatoms. The van der Waals surface area contributed by atoms with Gasteiger partial charge in [0.05, 0.1) is 16.8 Å². The van der Waals surface area contributed by atoms with Crippen LogP contribution in [0.3, 0.4) is 0 Å². The van der Waals surface area contributed by atoms with Gasteiger partial charge in [-0.15, -0.1) is 34.0 Å². The summed E-state index contributed by atoms with van der Waals surface area (Å²) in [6, 6.07) is 28.0. The normalized spacial score (nSPS) is 14.3. The number of nitriles is 3. The van der Waals surface area contributed by atoms with E-state index in [2.05, 4.69) is 101 Å². The molecule has 0 radical (unpaired) electrons. The number of allylic oxidation sites excluding steroid dienone is 2. The molecule has 0 spiro atoms. The van der Waals surface area contributed by atoms with Crippen molar-refractivity contribution in [2.45, 2.75) is 119 Å². The van der Waals surface area contributed by atoms with E-state index in [1.807, 2.05) is 24.3 Å². The number of hydrogen-bond donors (Lipinski definition) is 0. The summed E-state index contributed by atoms with van der Waals surface area (Å²) in [6.45, 7) is 16.2. The molecular formula is C50H61N5OS3. The van der Waals surface area contributed by atoms with E-state index in [1.54, 1.807) is 22.7 Å². The lowest BCUT2D eigenvalue weighted by atomic mass is 9.95. The average molecular weight is 844 g/mol. The molecule has 3 atom stereocenters. The van der Waals surface area contributed by atoms with Gasteiger partial charge in [-0.05, 0) is 91.1 Å². The van der Waals surface area contributed by atoms with Crippen LogP contribution in [0.1, 0.15) is 123 Å². The van der Waals surface area contributed by atoms with Gasteiger partial charge >= 0.3 is 0 Å². The van der Waals surface area contributed by atoms with Crippen molar-refractivity contribution in [3.8, 4) is 48.2 Å². The summed E-state index contributed by atoms with van der Waals surface area (Å²) in [5.74, 6) is 1.33. The first-order valence-electron chi connectivity index (χ1n) is 21.9. The molecule has 3 aromatic heterocycles. The molecule has 0 aliphatic carbocycles. The fourth-order valence-corrected chi connectivity index (χ4v) is 11.3. The second-order valence-electron chi connectivity index (χ2n) is 15.9. The Kier molecular flexibility index (Phi) is 17.6. The molecule has 0 bridgehead atoms. The van der Waals surface area contributed by atoms with Gasteiger partial charge in [-0.2, -0.15) is 15.8 Å². The van der Waals surface area contributed by atoms with Crippen LogP contribution >= 0.6 is 34.0 Å². The zero-order valence-corrected chi connectivity index (χ0v) is 38.4. The molecule has 4 aromatic rings. The van der Waals surface area contributed by atoms with Gasteiger partial charge in [0, 0.05) is 54.6 Å². The van der Waals surface area contributed by atoms with Gasteiger partial charge in [-0.3, -0.25) is 4.79 Å². The Balaban J connectivity index is 1.36. The number of carbonyl (C=O) groups excluding carboxylic acids is 1. The molecule has 0 saturated carbocycles. The molecular weight excluding hydrogens is 783 g/mol. The number of amides is 1. The molecule has 1 aliphatic heterocycles. The van der Waals surface area contributed by atoms with Crippen LogP contribution in [0.2, 0.25) is 0 Å². The second-order valence-corrected chi connectivity index (χ2v) is 19.2. The van der Waals surface area contributed by atoms with Gasteiger partial charge in [0.1, 0.15) is 18.2 Å². The van der Waals surface area contributed by atoms with E-state index in [0.717, 1.165) is 48.5 Å². The summed E-state index contributed by atoms with van der Waals surface area (Å²) in [5.41, 5.74) is 2.91. The number of benzene rings is 1. The Morgan fingerprint density at radius 3 is 1.51 bits per heavy atom. The van der Waals surface area contributed by atoms with Gasteiger partial charge in [0.2, 0.25) is 0 Å². The van der Waals surface area contributed by atoms with Crippen molar-refractivity contribution in [1.82, 2.24) is 4.90 Å². The molecule has 1 aromatic carbocycles. The van der Waals surface area contributed by atoms with Gasteiger partial charge < -0.3 is 9.80 Å². The monoisotopic (exact) mass is 843 g/mol. The number of carbonyl (C=O) groups is 1. The second kappa shape index (κ2) is 22.8. The third-order valence-corrected chi connectivity index (χ3v) is 15.6. The Morgan fingerprint density at radius 1 is 0.610 bits per heavy atom. The maximum Gasteiger partial charge on any atom is 0.261 e. The predicted molar refractivity (Wildman–Crippen MR) is 251 cm³/mol. The largest absolute Gasteiger partial charge is 0.371 e. The van der Waals surface area contributed by atoms with Crippen LogP contribution in [0.25, 0.3) is 35.5 Å². The fourth-order valence-electron chi connectivity index (χ4n) is 8.09. The van der Waals surface area contributed by atoms with Crippen molar-refractivity contribution in [3.63, 3.8) is 0 Å². The van der Waals surface area contributed by atoms with Crippen LogP contribution in [-0.4, -0.2) is 30.4 Å². The number of anilines is 1. The zero-order valence-electron chi connectivity index (χ0n) is 36.0. The molecule has 5 rings (SSSR count). The summed E-state index contributed by atoms with van der Waals surface area (Å²) >= 11 is 5.00. The first-order valence-corrected chi connectivity index (χ1v) is 24.4. The van der Waals surface area contributed by atoms with Gasteiger partial charge in [-0.25, -0.2) is 0 Å². The lowest BCUT2D eigenvalue weighted by Gasteiger charge is -2.32. The van der Waals surface area contributed by atoms with Crippen LogP contribution in [0.15, 0.2) is 77.5 Å². The number of nitrogens with zero attached hydrogens (tertiary/aromatic N) is 5. The van der Waals surface area contributed by atoms with Crippen molar-refractivity contribution >= 4 is 51.2 Å². The number of unbranched alkanes of at least 4 members (excludes halogenated alkanes) is 3. The molecule has 6 nitrogen and oxygen atoms in total. The number of hydrogen-bond acceptors (Lipinski definition) is 8. The van der Waals surface area contributed by atoms with Crippen LogP contribution in [-0.2, 0) is 4.79 Å². The van der Waals surface area contributed by atoms with E-state index in [9.17, 15) is 20.6 Å². The summed E-state index contributed by atoms with van der Waals surface area (Å²) in [4.78, 5) is 24.7. The third-order valence-electron chi connectivity index (χ3n) is 11.9. The van der Waals surface area contributed by atoms with Crippen LogP contribution in [0.4, 0.5) is 5.69 Å². The highest BCUT2D eigenvalue weighted by Crippen LogP contribution is 2.45. The van der Waals surface area contributed by atoms with E-state index in [0.29, 0.717) is 23.3 Å². The first-order chi connectivity index (χ1) is 28.8. The zero-order chi connectivity index (χ0) is 42.3. The minimum absolute atomic E-state index is 0.111. The molecule has 0 saturated heterocycles. The summed E-state index contributed by atoms with van der Waals surface area (Å²) < 4.78 is 0. The third kappa shape index (κ3) is 11.2. The fraction of sp³-hybridized carbons (Fsp3) is 0.480. The molecule has 1 amide bonds. The van der Waals surface area contributed by atoms with Gasteiger partial charge in [0.25, 0.3) is 5.91 Å². The Labute approximate surface area is 366 Å². The molecule has 3 unspecified atom stereocenters. The highest BCUT2D eigenvalue weighted by molar-refractivity contribution is 7.27. The Hall–Kier alpha value is -4.46. The SMILES string of the molecule is CCCCC(CC)CN1C(=O)C(c2ccc(-c3ccc(-c4ccc(-c5ccc(N(CC(CC)CCCC)CC(CC)CCCC)cc5)s4)s3)s2)=C(C#N)C1=C(C#N)C#N. The standard InChI is InChI=1S/C50H61N5OS3/c1-7-13-16-35(10-4)32-54(33-36(11-5)17-14-8-2)40-21-19-38(20-22-40)42-23-24-43(57-42)44-25-26-45(58-44)46-27-28-47(59-46)48-41(31-53)49(39(29-51)30-52)55(50(48)56)34-37(12-6)18-15-9-3/h19-28,35-37H,7-18,32-34H2,1-6H3. The van der Waals surface area contributed by atoms with E-state index in [1.165, 1.54) is 93.5 Å². The van der Waals surface area contributed by atoms with Crippen molar-refractivity contribution < 1.29 is 4.79 Å². The average Bonchev–Trinajstić information content (AvgIpc) is 4.09. The minimum Gasteiger partial charge on any atom is -0.371 e. The van der Waals surface area contributed by atoms with E-state index >= 15 is 0 Å². The van der Waals surface area contributed by atoms with Crippen molar-refractivity contribution in [2.75, 3.05) is 24.5 Å². The molecule has 310 valence electrons. The topological polar surface area (TPSA) is 94.9 Å². The Bertz CT molecular complexity index is 2150. The predicted octanol–water partition coefficient (Wildman–Crippen LogP) is 14.7. The number of rotatable bonds is 23. The smallest absolute Gasteiger partial charge is 0.261 e. The molecule has 4 heterocycles. The van der Waals surface area contributed by atoms with Crippen LogP contribution < -0.4 is 4.90 Å². The van der Waals surface area contributed by atoms with E-state index in [-0.39, 0.29) is 34.2 Å². The maximum absolute atomic E-state index is 14.1. The van der Waals surface area contributed by atoms with E-state index < -0.39 is 0 Å². The molecule has 59 heavy (non-hydrogen) atoms. The lowest BCUT2D eigenvalue weighted by Crippen LogP contribution is -2.34. The van der Waals surface area contributed by atoms with Crippen molar-refractivity contribution in [2.24, 2.45) is 17.8 Å². The van der Waals surface area contributed by atoms with Crippen molar-refractivity contribution in [1.29, 1.82) is 15.8 Å². The van der Waals surface area contributed by atoms with Gasteiger partial charge in [-0.1, -0.05) is 111 Å². The Morgan fingerprint density at radius 2 is 1.05 bits per heavy atom. The first kappa shape index (κ1) is 45.6. The van der Waals surface area contributed by atoms with E-state index in [4.69, 9.17) is 0 Å². The van der Waals surface area contributed by atoms with Crippen LogP contribution in [0, 0.1) is 51.7 Å². The molecule has 0 N–H and O–H groups in total. The minimum atomic E-state index is -0.309. The molecule has 0 fully saturated rings. The van der Waals surface area contributed by atoms with Crippen molar-refractivity contribution in [3.05, 3.63) is 82.4 Å². The molecule has 1 aliphatic rings. The quantitative estimate of drug-likeness (QED) is 0.0693. The number of thiophene rings is 3. The van der Waals surface area contributed by atoms with Crippen LogP contribution in [0.5, 0.6) is 0 Å². The summed E-state index contributed by atoms with van der Waals surface area (Å²) in [7, 11) is 0. The highest BCUT2D eigenvalue weighted by Gasteiger charge is 2.40. The van der Waals surface area contributed by atoms with Gasteiger partial charge in [0.15, 0.2) is 5.57 Å². The summed E-state index contributed by atoms with van der Waals surface area (Å²) in [6.07, 6.45) is 14.0. The highest BCUT2D eigenvalue weighted by atomic mass is 32.1.